The van der Waals surface area contributed by atoms with Gasteiger partial charge in [0.05, 0.1) is 24.7 Å². The molecule has 4 heteroatoms. The van der Waals surface area contributed by atoms with Crippen molar-refractivity contribution in [2.24, 2.45) is 0 Å². The second kappa shape index (κ2) is 10.5. The molecule has 146 valence electrons. The van der Waals surface area contributed by atoms with Crippen LogP contribution < -0.4 is 9.47 Å². The second-order valence-electron chi connectivity index (χ2n) is 6.82. The Morgan fingerprint density at radius 3 is 2.14 bits per heavy atom. The zero-order chi connectivity index (χ0) is 19.6. The molecule has 3 rings (SSSR count). The van der Waals surface area contributed by atoms with Crippen molar-refractivity contribution in [1.29, 1.82) is 0 Å². The Morgan fingerprint density at radius 2 is 1.50 bits per heavy atom. The number of ether oxygens (including phenoxy) is 2. The summed E-state index contributed by atoms with van der Waals surface area (Å²) in [6.45, 7) is 5.53. The molecule has 3 aromatic rings. The van der Waals surface area contributed by atoms with Crippen molar-refractivity contribution in [2.75, 3.05) is 6.61 Å². The first kappa shape index (κ1) is 19.9. The molecule has 0 aliphatic heterocycles. The lowest BCUT2D eigenvalue weighted by atomic mass is 10.1. The van der Waals surface area contributed by atoms with Crippen LogP contribution in [0.4, 0.5) is 0 Å². The van der Waals surface area contributed by atoms with Gasteiger partial charge < -0.3 is 9.47 Å². The molecule has 2 aromatic carbocycles. The largest absolute Gasteiger partial charge is 0.494 e. The Kier molecular flexibility index (Phi) is 7.42. The van der Waals surface area contributed by atoms with Crippen LogP contribution in [0, 0.1) is 0 Å². The Balaban J connectivity index is 1.54. The van der Waals surface area contributed by atoms with Gasteiger partial charge in [0.1, 0.15) is 12.4 Å². The van der Waals surface area contributed by atoms with E-state index in [0.717, 1.165) is 42.0 Å². The van der Waals surface area contributed by atoms with Crippen LogP contribution in [0.3, 0.4) is 0 Å². The van der Waals surface area contributed by atoms with Crippen molar-refractivity contribution < 1.29 is 9.47 Å². The van der Waals surface area contributed by atoms with E-state index in [0.29, 0.717) is 12.5 Å². The van der Waals surface area contributed by atoms with Gasteiger partial charge in [0.15, 0.2) is 0 Å². The van der Waals surface area contributed by atoms with E-state index >= 15 is 0 Å². The van der Waals surface area contributed by atoms with Crippen molar-refractivity contribution in [1.82, 2.24) is 9.97 Å². The molecule has 1 heterocycles. The lowest BCUT2D eigenvalue weighted by Gasteiger charge is -2.08. The molecule has 0 fully saturated rings. The Hall–Kier alpha value is -2.88. The summed E-state index contributed by atoms with van der Waals surface area (Å²) >= 11 is 0. The molecule has 0 spiro atoms. The fraction of sp³-hybridized carbons (Fsp3) is 0.333. The van der Waals surface area contributed by atoms with E-state index in [1.54, 1.807) is 12.4 Å². The summed E-state index contributed by atoms with van der Waals surface area (Å²) in [5, 5.41) is 0. The van der Waals surface area contributed by atoms with E-state index in [9.17, 15) is 0 Å². The summed E-state index contributed by atoms with van der Waals surface area (Å²) in [5.74, 6) is 1.40. The first-order valence-electron chi connectivity index (χ1n) is 10.0. The van der Waals surface area contributed by atoms with Crippen molar-refractivity contribution in [3.05, 3.63) is 72.1 Å². The van der Waals surface area contributed by atoms with Crippen LogP contribution in [0.1, 0.15) is 44.2 Å². The van der Waals surface area contributed by atoms with Crippen LogP contribution in [0.5, 0.6) is 11.6 Å². The molecule has 0 amide bonds. The van der Waals surface area contributed by atoms with Crippen LogP contribution in [-0.2, 0) is 13.0 Å². The van der Waals surface area contributed by atoms with Gasteiger partial charge in [-0.1, -0.05) is 44.5 Å². The third-order valence-electron chi connectivity index (χ3n) is 4.48. The molecule has 0 radical (unpaired) electrons. The number of benzene rings is 2. The van der Waals surface area contributed by atoms with E-state index in [4.69, 9.17) is 9.47 Å². The number of aryl methyl sites for hydroxylation is 1. The molecular weight excluding hydrogens is 348 g/mol. The highest BCUT2D eigenvalue weighted by molar-refractivity contribution is 5.59. The highest BCUT2D eigenvalue weighted by Gasteiger charge is 2.03. The molecule has 0 saturated carbocycles. The van der Waals surface area contributed by atoms with Gasteiger partial charge in [0.25, 0.3) is 0 Å². The minimum atomic E-state index is 0.492. The molecule has 4 nitrogen and oxygen atoms in total. The van der Waals surface area contributed by atoms with Gasteiger partial charge in [0, 0.05) is 5.56 Å². The van der Waals surface area contributed by atoms with Crippen LogP contribution in [-0.4, -0.2) is 16.6 Å². The first-order valence-corrected chi connectivity index (χ1v) is 10.0. The van der Waals surface area contributed by atoms with Gasteiger partial charge in [-0.05, 0) is 54.7 Å². The van der Waals surface area contributed by atoms with Crippen LogP contribution in [0.25, 0.3) is 11.3 Å². The smallest absolute Gasteiger partial charge is 0.232 e. The topological polar surface area (TPSA) is 44.2 Å². The average Bonchev–Trinajstić information content (AvgIpc) is 2.76. The summed E-state index contributed by atoms with van der Waals surface area (Å²) in [4.78, 5) is 8.86. The quantitative estimate of drug-likeness (QED) is 0.445. The van der Waals surface area contributed by atoms with E-state index in [1.165, 1.54) is 18.4 Å². The monoisotopic (exact) mass is 376 g/mol. The normalized spacial score (nSPS) is 10.6. The second-order valence-corrected chi connectivity index (χ2v) is 6.82. The number of nitrogens with zero attached hydrogens (tertiary/aromatic N) is 2. The summed E-state index contributed by atoms with van der Waals surface area (Å²) < 4.78 is 11.4. The Bertz CT molecular complexity index is 828. The fourth-order valence-corrected chi connectivity index (χ4v) is 2.82. The minimum absolute atomic E-state index is 0.492. The van der Waals surface area contributed by atoms with Gasteiger partial charge in [-0.15, -0.1) is 0 Å². The minimum Gasteiger partial charge on any atom is -0.494 e. The number of hydrogen-bond donors (Lipinski definition) is 0. The lowest BCUT2D eigenvalue weighted by Crippen LogP contribution is -1.99. The van der Waals surface area contributed by atoms with Crippen molar-refractivity contribution in [3.63, 3.8) is 0 Å². The summed E-state index contributed by atoms with van der Waals surface area (Å²) in [5.41, 5.74) is 4.33. The number of unbranched alkanes of at least 4 members (excludes halogenated alkanes) is 1. The molecule has 1 aromatic heterocycles. The Labute approximate surface area is 167 Å². The number of rotatable bonds is 10. The summed E-state index contributed by atoms with van der Waals surface area (Å²) in [7, 11) is 0. The highest BCUT2D eigenvalue weighted by atomic mass is 16.5. The maximum Gasteiger partial charge on any atom is 0.232 e. The van der Waals surface area contributed by atoms with E-state index < -0.39 is 0 Å². The van der Waals surface area contributed by atoms with E-state index in [-0.39, 0.29) is 0 Å². The SMILES string of the molecule is CCCCc1ccc(COc2cnc(-c3ccc(OCCC)cc3)cn2)cc1. The van der Waals surface area contributed by atoms with Gasteiger partial charge >= 0.3 is 0 Å². The van der Waals surface area contributed by atoms with Crippen molar-refractivity contribution in [3.8, 4) is 22.9 Å². The predicted molar refractivity (Wildman–Crippen MR) is 113 cm³/mol. The van der Waals surface area contributed by atoms with Gasteiger partial charge in [-0.25, -0.2) is 9.97 Å². The number of aromatic nitrogens is 2. The highest BCUT2D eigenvalue weighted by Crippen LogP contribution is 2.21. The van der Waals surface area contributed by atoms with Crippen LogP contribution in [0.2, 0.25) is 0 Å². The summed E-state index contributed by atoms with van der Waals surface area (Å²) in [6, 6.07) is 16.5. The zero-order valence-electron chi connectivity index (χ0n) is 16.7. The van der Waals surface area contributed by atoms with E-state index in [2.05, 4.69) is 48.1 Å². The fourth-order valence-electron chi connectivity index (χ4n) is 2.82. The molecule has 28 heavy (non-hydrogen) atoms. The third-order valence-corrected chi connectivity index (χ3v) is 4.48. The molecule has 0 N–H and O–H groups in total. The van der Waals surface area contributed by atoms with Crippen molar-refractivity contribution in [2.45, 2.75) is 46.1 Å². The molecule has 0 aliphatic rings. The van der Waals surface area contributed by atoms with Gasteiger partial charge in [-0.3, -0.25) is 0 Å². The van der Waals surface area contributed by atoms with Crippen LogP contribution >= 0.6 is 0 Å². The van der Waals surface area contributed by atoms with Crippen molar-refractivity contribution >= 4 is 0 Å². The Morgan fingerprint density at radius 1 is 0.750 bits per heavy atom. The zero-order valence-corrected chi connectivity index (χ0v) is 16.7. The average molecular weight is 377 g/mol. The van der Waals surface area contributed by atoms with Crippen LogP contribution in [0.15, 0.2) is 60.9 Å². The predicted octanol–water partition coefficient (Wildman–Crippen LogP) is 5.85. The standard InChI is InChI=1S/C24H28N2O2/c1-3-5-6-19-7-9-20(10-8-19)18-28-24-17-25-23(16-26-24)21-11-13-22(14-12-21)27-15-4-2/h7-14,16-17H,3-6,15,18H2,1-2H3. The van der Waals surface area contributed by atoms with E-state index in [1.807, 2.05) is 24.3 Å². The summed E-state index contributed by atoms with van der Waals surface area (Å²) in [6.07, 6.45) is 7.99. The lowest BCUT2D eigenvalue weighted by molar-refractivity contribution is 0.292. The maximum atomic E-state index is 5.77. The molecular formula is C24H28N2O2. The maximum absolute atomic E-state index is 5.77. The number of hydrogen-bond acceptors (Lipinski definition) is 4. The first-order chi connectivity index (χ1) is 13.8. The molecule has 0 atom stereocenters. The molecule has 0 saturated heterocycles. The molecule has 0 aliphatic carbocycles. The third kappa shape index (κ3) is 5.81. The van der Waals surface area contributed by atoms with Gasteiger partial charge in [0.2, 0.25) is 5.88 Å². The van der Waals surface area contributed by atoms with Gasteiger partial charge in [-0.2, -0.15) is 0 Å². The molecule has 0 unspecified atom stereocenters. The molecule has 0 bridgehead atoms.